The van der Waals surface area contributed by atoms with Crippen molar-refractivity contribution < 1.29 is 24.9 Å². The zero-order valence-corrected chi connectivity index (χ0v) is 17.1. The molecule has 0 aromatic heterocycles. The van der Waals surface area contributed by atoms with E-state index in [1.54, 1.807) is 0 Å². The highest BCUT2D eigenvalue weighted by molar-refractivity contribution is 5.85. The van der Waals surface area contributed by atoms with Crippen LogP contribution in [0.5, 0.6) is 0 Å². The molecule has 5 nitrogen and oxygen atoms in total. The quantitative estimate of drug-likeness (QED) is 0.599. The lowest BCUT2D eigenvalue weighted by Crippen LogP contribution is -2.62. The molecule has 9 atom stereocenters. The predicted octanol–water partition coefficient (Wildman–Crippen LogP) is 2.58. The number of ether oxygens (including phenoxy) is 1. The van der Waals surface area contributed by atoms with Gasteiger partial charge >= 0.3 is 5.97 Å². The van der Waals surface area contributed by atoms with Crippen molar-refractivity contribution in [1.82, 2.24) is 0 Å². The first-order valence-corrected chi connectivity index (χ1v) is 11.1. The predicted molar refractivity (Wildman–Crippen MR) is 103 cm³/mol. The van der Waals surface area contributed by atoms with Crippen LogP contribution in [0.4, 0.5) is 0 Å². The van der Waals surface area contributed by atoms with E-state index in [0.29, 0.717) is 18.3 Å². The van der Waals surface area contributed by atoms with Gasteiger partial charge < -0.3 is 20.1 Å². The van der Waals surface area contributed by atoms with Crippen LogP contribution < -0.4 is 0 Å². The van der Waals surface area contributed by atoms with Gasteiger partial charge in [0.15, 0.2) is 0 Å². The molecule has 4 aliphatic carbocycles. The third kappa shape index (κ3) is 2.33. The molecule has 0 bridgehead atoms. The highest BCUT2D eigenvalue weighted by Gasteiger charge is 2.70. The van der Waals surface area contributed by atoms with E-state index in [0.717, 1.165) is 50.5 Å². The summed E-state index contributed by atoms with van der Waals surface area (Å²) in [5, 5.41) is 33.3. The molecule has 0 amide bonds. The average molecular weight is 391 g/mol. The Labute approximate surface area is 167 Å². The number of hydrogen-bond acceptors (Lipinski definition) is 5. The largest absolute Gasteiger partial charge is 0.458 e. The SMILES string of the molecule is C[C@]12CC[C@@H](O)C[C@H]1CC[C@@H]1[C@H]2CC[C@@]2(C)[C@H](C3=CC(=O)OC3)[C@H](O)C[C@@]12O. The van der Waals surface area contributed by atoms with Crippen molar-refractivity contribution in [3.05, 3.63) is 11.6 Å². The molecule has 1 heterocycles. The summed E-state index contributed by atoms with van der Waals surface area (Å²) in [5.74, 6) is 0.627. The molecular weight excluding hydrogens is 356 g/mol. The summed E-state index contributed by atoms with van der Waals surface area (Å²) in [6, 6.07) is 0. The van der Waals surface area contributed by atoms with E-state index in [4.69, 9.17) is 4.74 Å². The molecular formula is C23H34O5. The number of rotatable bonds is 1. The maximum absolute atomic E-state index is 12.1. The summed E-state index contributed by atoms with van der Waals surface area (Å²) in [5.41, 5.74) is -0.301. The summed E-state index contributed by atoms with van der Waals surface area (Å²) in [4.78, 5) is 11.7. The van der Waals surface area contributed by atoms with E-state index in [1.807, 2.05) is 0 Å². The number of fused-ring (bicyclic) bond motifs is 5. The number of esters is 1. The van der Waals surface area contributed by atoms with Crippen molar-refractivity contribution in [2.45, 2.75) is 83.0 Å². The molecule has 28 heavy (non-hydrogen) atoms. The molecule has 156 valence electrons. The molecule has 4 fully saturated rings. The maximum atomic E-state index is 12.1. The van der Waals surface area contributed by atoms with Gasteiger partial charge in [0.2, 0.25) is 0 Å². The molecule has 5 heteroatoms. The normalized spacial score (nSPS) is 55.8. The van der Waals surface area contributed by atoms with Gasteiger partial charge in [-0.1, -0.05) is 13.8 Å². The molecule has 5 aliphatic rings. The van der Waals surface area contributed by atoms with Crippen LogP contribution in [0.2, 0.25) is 0 Å². The minimum absolute atomic E-state index is 0.170. The average Bonchev–Trinajstić information content (AvgIpc) is 3.13. The van der Waals surface area contributed by atoms with Gasteiger partial charge in [0.1, 0.15) is 6.61 Å². The monoisotopic (exact) mass is 390 g/mol. The molecule has 0 unspecified atom stereocenters. The fourth-order valence-corrected chi connectivity index (χ4v) is 8.47. The van der Waals surface area contributed by atoms with E-state index in [9.17, 15) is 20.1 Å². The van der Waals surface area contributed by atoms with E-state index in [-0.39, 0.29) is 35.9 Å². The molecule has 0 aromatic carbocycles. The van der Waals surface area contributed by atoms with Crippen molar-refractivity contribution in [3.8, 4) is 0 Å². The van der Waals surface area contributed by atoms with E-state index in [1.165, 1.54) is 6.08 Å². The van der Waals surface area contributed by atoms with Gasteiger partial charge in [-0.2, -0.15) is 0 Å². The van der Waals surface area contributed by atoms with Crippen molar-refractivity contribution in [1.29, 1.82) is 0 Å². The lowest BCUT2D eigenvalue weighted by Gasteiger charge is -2.63. The van der Waals surface area contributed by atoms with Gasteiger partial charge in [0.25, 0.3) is 0 Å². The Kier molecular flexibility index (Phi) is 4.12. The minimum atomic E-state index is -0.906. The van der Waals surface area contributed by atoms with Gasteiger partial charge in [-0.3, -0.25) is 0 Å². The Balaban J connectivity index is 1.50. The Morgan fingerprint density at radius 1 is 1.07 bits per heavy atom. The number of aliphatic hydroxyl groups is 3. The fraction of sp³-hybridized carbons (Fsp3) is 0.870. The summed E-state index contributed by atoms with van der Waals surface area (Å²) in [6.45, 7) is 4.77. The number of hydrogen-bond donors (Lipinski definition) is 3. The van der Waals surface area contributed by atoms with Crippen LogP contribution in [0.3, 0.4) is 0 Å². The first kappa shape index (κ1) is 19.1. The van der Waals surface area contributed by atoms with Crippen LogP contribution in [0, 0.1) is 34.5 Å². The second-order valence-corrected chi connectivity index (χ2v) is 10.9. The highest BCUT2D eigenvalue weighted by atomic mass is 16.5. The van der Waals surface area contributed by atoms with E-state index >= 15 is 0 Å². The lowest BCUT2D eigenvalue weighted by atomic mass is 9.43. The Bertz CT molecular complexity index is 718. The van der Waals surface area contributed by atoms with Crippen LogP contribution >= 0.6 is 0 Å². The second-order valence-electron chi connectivity index (χ2n) is 10.9. The molecule has 0 spiro atoms. The van der Waals surface area contributed by atoms with Crippen molar-refractivity contribution in [2.24, 2.45) is 34.5 Å². The molecule has 5 rings (SSSR count). The molecule has 0 radical (unpaired) electrons. The number of carbonyl (C=O) groups is 1. The molecule has 1 aliphatic heterocycles. The van der Waals surface area contributed by atoms with Crippen molar-refractivity contribution in [3.63, 3.8) is 0 Å². The second kappa shape index (κ2) is 6.05. The van der Waals surface area contributed by atoms with Crippen molar-refractivity contribution in [2.75, 3.05) is 6.61 Å². The van der Waals surface area contributed by atoms with Crippen LogP contribution in [-0.2, 0) is 9.53 Å². The lowest BCUT2D eigenvalue weighted by molar-refractivity contribution is -0.208. The Morgan fingerprint density at radius 3 is 2.57 bits per heavy atom. The molecule has 4 saturated carbocycles. The third-order valence-corrected chi connectivity index (χ3v) is 9.92. The van der Waals surface area contributed by atoms with Crippen LogP contribution in [-0.4, -0.2) is 45.7 Å². The fourth-order valence-electron chi connectivity index (χ4n) is 8.47. The number of carbonyl (C=O) groups excluding carboxylic acids is 1. The number of cyclic esters (lactones) is 1. The van der Waals surface area contributed by atoms with E-state index < -0.39 is 17.1 Å². The van der Waals surface area contributed by atoms with Gasteiger partial charge in [-0.25, -0.2) is 4.79 Å². The van der Waals surface area contributed by atoms with Gasteiger partial charge in [-0.05, 0) is 73.7 Å². The zero-order valence-electron chi connectivity index (χ0n) is 17.1. The van der Waals surface area contributed by atoms with E-state index in [2.05, 4.69) is 13.8 Å². The van der Waals surface area contributed by atoms with Crippen LogP contribution in [0.15, 0.2) is 11.6 Å². The minimum Gasteiger partial charge on any atom is -0.458 e. The molecule has 3 N–H and O–H groups in total. The summed E-state index contributed by atoms with van der Waals surface area (Å²) < 4.78 is 5.14. The molecule has 0 saturated heterocycles. The van der Waals surface area contributed by atoms with Gasteiger partial charge in [0.05, 0.1) is 17.8 Å². The maximum Gasteiger partial charge on any atom is 0.331 e. The first-order chi connectivity index (χ1) is 13.2. The molecule has 0 aromatic rings. The smallest absolute Gasteiger partial charge is 0.331 e. The highest BCUT2D eigenvalue weighted by Crippen LogP contribution is 2.69. The summed E-state index contributed by atoms with van der Waals surface area (Å²) >= 11 is 0. The van der Waals surface area contributed by atoms with Crippen molar-refractivity contribution >= 4 is 5.97 Å². The zero-order chi connectivity index (χ0) is 19.9. The standard InChI is InChI=1S/C23H34O5/c1-21-7-5-15(24)10-14(21)3-4-17-16(21)6-8-22(2)20(13-9-19(26)28-12-13)18(25)11-23(17,22)27/h9,14-18,20,24-25,27H,3-8,10-12H2,1-2H3/t14-,15-,16-,17-,18-,20-,21+,22+,23-/m1/s1. The summed E-state index contributed by atoms with van der Waals surface area (Å²) in [6.07, 6.45) is 7.87. The Morgan fingerprint density at radius 2 is 1.86 bits per heavy atom. The first-order valence-electron chi connectivity index (χ1n) is 11.1. The van der Waals surface area contributed by atoms with Crippen LogP contribution in [0.1, 0.15) is 65.2 Å². The Hall–Kier alpha value is -0.910. The third-order valence-electron chi connectivity index (χ3n) is 9.92. The van der Waals surface area contributed by atoms with Gasteiger partial charge in [0, 0.05) is 23.8 Å². The summed E-state index contributed by atoms with van der Waals surface area (Å²) in [7, 11) is 0. The number of aliphatic hydroxyl groups excluding tert-OH is 2. The van der Waals surface area contributed by atoms with Crippen LogP contribution in [0.25, 0.3) is 0 Å². The van der Waals surface area contributed by atoms with Gasteiger partial charge in [-0.15, -0.1) is 0 Å². The topological polar surface area (TPSA) is 87.0 Å².